The van der Waals surface area contributed by atoms with Gasteiger partial charge in [0.15, 0.2) is 0 Å². The summed E-state index contributed by atoms with van der Waals surface area (Å²) in [4.78, 5) is 19.4. The third-order valence-electron chi connectivity index (χ3n) is 2.84. The minimum absolute atomic E-state index is 0.0210. The van der Waals surface area contributed by atoms with Crippen molar-refractivity contribution in [1.29, 1.82) is 5.41 Å². The Labute approximate surface area is 110 Å². The van der Waals surface area contributed by atoms with Crippen LogP contribution < -0.4 is 5.32 Å². The summed E-state index contributed by atoms with van der Waals surface area (Å²) < 4.78 is 9.95. The molecule has 19 heavy (non-hydrogen) atoms. The summed E-state index contributed by atoms with van der Waals surface area (Å²) in [6.45, 7) is 1.36. The number of ether oxygens (including phenoxy) is 2. The molecule has 1 aromatic heterocycles. The lowest BCUT2D eigenvalue weighted by molar-refractivity contribution is 0.0586. The van der Waals surface area contributed by atoms with E-state index in [2.05, 4.69) is 20.0 Å². The number of aromatic nitrogens is 2. The molecule has 102 valence electrons. The van der Waals surface area contributed by atoms with E-state index in [4.69, 9.17) is 10.1 Å². The van der Waals surface area contributed by atoms with Gasteiger partial charge in [-0.05, 0) is 12.8 Å². The number of esters is 1. The van der Waals surface area contributed by atoms with Crippen molar-refractivity contribution < 1.29 is 14.3 Å². The van der Waals surface area contributed by atoms with Crippen molar-refractivity contribution in [3.63, 3.8) is 0 Å². The van der Waals surface area contributed by atoms with Gasteiger partial charge in [0.2, 0.25) is 5.82 Å². The smallest absolute Gasteiger partial charge is 0.376 e. The van der Waals surface area contributed by atoms with Crippen molar-refractivity contribution in [1.82, 2.24) is 9.97 Å². The zero-order chi connectivity index (χ0) is 13.7. The van der Waals surface area contributed by atoms with Crippen LogP contribution in [0, 0.1) is 5.41 Å². The van der Waals surface area contributed by atoms with E-state index in [0.29, 0.717) is 18.0 Å². The van der Waals surface area contributed by atoms with Crippen LogP contribution in [0.4, 0.5) is 5.82 Å². The fraction of sp³-hybridized carbons (Fsp3) is 0.500. The highest BCUT2D eigenvalue weighted by atomic mass is 16.5. The molecule has 1 aliphatic rings. The second-order valence-corrected chi connectivity index (χ2v) is 4.19. The van der Waals surface area contributed by atoms with Crippen LogP contribution in [0.15, 0.2) is 6.20 Å². The van der Waals surface area contributed by atoms with Crippen LogP contribution in [0.5, 0.6) is 0 Å². The Morgan fingerprint density at radius 3 is 3.16 bits per heavy atom. The first-order chi connectivity index (χ1) is 9.24. The summed E-state index contributed by atoms with van der Waals surface area (Å²) in [6, 6.07) is 0.132. The van der Waals surface area contributed by atoms with Gasteiger partial charge >= 0.3 is 5.97 Å². The van der Waals surface area contributed by atoms with Gasteiger partial charge in [-0.25, -0.2) is 14.8 Å². The number of hydrogen-bond donors (Lipinski definition) is 2. The third-order valence-corrected chi connectivity index (χ3v) is 2.84. The fourth-order valence-electron chi connectivity index (χ4n) is 1.85. The van der Waals surface area contributed by atoms with Gasteiger partial charge in [0, 0.05) is 19.0 Å². The predicted octanol–water partition coefficient (Wildman–Crippen LogP) is 0.852. The average molecular weight is 264 g/mol. The zero-order valence-electron chi connectivity index (χ0n) is 10.7. The Kier molecular flexibility index (Phi) is 4.40. The number of hydrogen-bond acceptors (Lipinski definition) is 7. The number of carbonyl (C=O) groups excluding carboxylic acids is 1. The molecule has 0 amide bonds. The molecule has 2 rings (SSSR count). The zero-order valence-corrected chi connectivity index (χ0v) is 10.7. The molecule has 0 spiro atoms. The lowest BCUT2D eigenvalue weighted by Crippen LogP contribution is -2.31. The Morgan fingerprint density at radius 2 is 2.53 bits per heavy atom. The highest BCUT2D eigenvalue weighted by Gasteiger charge is 2.18. The van der Waals surface area contributed by atoms with E-state index in [1.165, 1.54) is 13.3 Å². The van der Waals surface area contributed by atoms with E-state index in [0.717, 1.165) is 25.7 Å². The monoisotopic (exact) mass is 264 g/mol. The summed E-state index contributed by atoms with van der Waals surface area (Å²) in [5.41, 5.74) is 0.526. The summed E-state index contributed by atoms with van der Waals surface area (Å²) >= 11 is 0. The molecule has 7 nitrogen and oxygen atoms in total. The van der Waals surface area contributed by atoms with Crippen molar-refractivity contribution in [2.24, 2.45) is 0 Å². The number of nitrogens with zero attached hydrogens (tertiary/aromatic N) is 2. The summed E-state index contributed by atoms with van der Waals surface area (Å²) in [5.74, 6) is -0.160. The van der Waals surface area contributed by atoms with E-state index in [9.17, 15) is 4.79 Å². The van der Waals surface area contributed by atoms with Gasteiger partial charge in [-0.1, -0.05) is 0 Å². The van der Waals surface area contributed by atoms with E-state index < -0.39 is 5.97 Å². The summed E-state index contributed by atoms with van der Waals surface area (Å²) in [7, 11) is 1.28. The number of nitrogens with one attached hydrogen (secondary N) is 2. The Morgan fingerprint density at radius 1 is 1.68 bits per heavy atom. The molecule has 1 aliphatic heterocycles. The van der Waals surface area contributed by atoms with Crippen LogP contribution in [0.1, 0.15) is 29.0 Å². The molecule has 2 N–H and O–H groups in total. The lowest BCUT2D eigenvalue weighted by Gasteiger charge is -2.24. The van der Waals surface area contributed by atoms with Crippen LogP contribution in [-0.2, 0) is 9.47 Å². The minimum atomic E-state index is -0.598. The molecule has 0 aromatic carbocycles. The van der Waals surface area contributed by atoms with Crippen LogP contribution in [-0.4, -0.2) is 48.5 Å². The van der Waals surface area contributed by atoms with E-state index in [1.54, 1.807) is 0 Å². The first-order valence-corrected chi connectivity index (χ1v) is 6.04. The van der Waals surface area contributed by atoms with Crippen molar-refractivity contribution >= 4 is 18.0 Å². The minimum Gasteiger partial charge on any atom is -0.463 e. The second-order valence-electron chi connectivity index (χ2n) is 4.19. The molecule has 1 fully saturated rings. The molecule has 1 atom stereocenters. The van der Waals surface area contributed by atoms with Gasteiger partial charge in [0.1, 0.15) is 5.82 Å². The largest absolute Gasteiger partial charge is 0.463 e. The Bertz CT molecular complexity index is 472. The van der Waals surface area contributed by atoms with E-state index in [1.807, 2.05) is 0 Å². The molecule has 7 heteroatoms. The van der Waals surface area contributed by atoms with Gasteiger partial charge < -0.3 is 20.2 Å². The predicted molar refractivity (Wildman–Crippen MR) is 68.7 cm³/mol. The Balaban J connectivity index is 2.20. The molecular formula is C12H16N4O3. The highest BCUT2D eigenvalue weighted by molar-refractivity contribution is 5.88. The Hall–Kier alpha value is -2.02. The third kappa shape index (κ3) is 3.25. The number of rotatable bonds is 4. The number of anilines is 1. The molecular weight excluding hydrogens is 248 g/mol. The molecule has 0 bridgehead atoms. The van der Waals surface area contributed by atoms with Crippen LogP contribution in [0.2, 0.25) is 0 Å². The van der Waals surface area contributed by atoms with Crippen molar-refractivity contribution in [3.05, 3.63) is 17.6 Å². The van der Waals surface area contributed by atoms with Gasteiger partial charge in [-0.3, -0.25) is 0 Å². The topological polar surface area (TPSA) is 97.2 Å². The standard InChI is InChI=1S/C12H16N4O3/c1-18-12(17)11-14-6-8(5-13)10(16-11)15-9-3-2-4-19-7-9/h5-6,9,13H,2-4,7H2,1H3,(H,14,15,16). The number of carbonyl (C=O) groups is 1. The normalized spacial score (nSPS) is 18.7. The second kappa shape index (κ2) is 6.24. The number of methoxy groups -OCH3 is 1. The molecule has 1 unspecified atom stereocenters. The SMILES string of the molecule is COC(=O)c1ncc(C=N)c(NC2CCCOC2)n1. The fourth-order valence-corrected chi connectivity index (χ4v) is 1.85. The molecule has 0 radical (unpaired) electrons. The summed E-state index contributed by atoms with van der Waals surface area (Å²) in [5, 5.41) is 10.5. The van der Waals surface area contributed by atoms with Gasteiger partial charge in [0.05, 0.1) is 25.3 Å². The summed E-state index contributed by atoms with van der Waals surface area (Å²) in [6.07, 6.45) is 4.52. The van der Waals surface area contributed by atoms with Gasteiger partial charge in [-0.15, -0.1) is 0 Å². The van der Waals surface area contributed by atoms with Gasteiger partial charge in [0.25, 0.3) is 0 Å². The lowest BCUT2D eigenvalue weighted by atomic mass is 10.1. The van der Waals surface area contributed by atoms with Crippen LogP contribution in [0.25, 0.3) is 0 Å². The maximum absolute atomic E-state index is 11.4. The molecule has 2 heterocycles. The van der Waals surface area contributed by atoms with Crippen molar-refractivity contribution in [2.75, 3.05) is 25.6 Å². The van der Waals surface area contributed by atoms with Crippen LogP contribution >= 0.6 is 0 Å². The first-order valence-electron chi connectivity index (χ1n) is 6.04. The molecule has 1 aromatic rings. The average Bonchev–Trinajstić information content (AvgIpc) is 2.47. The molecule has 1 saturated heterocycles. The maximum Gasteiger partial charge on any atom is 0.376 e. The van der Waals surface area contributed by atoms with Gasteiger partial charge in [-0.2, -0.15) is 0 Å². The first kappa shape index (κ1) is 13.4. The van der Waals surface area contributed by atoms with E-state index in [-0.39, 0.29) is 11.9 Å². The van der Waals surface area contributed by atoms with E-state index >= 15 is 0 Å². The van der Waals surface area contributed by atoms with Crippen molar-refractivity contribution in [2.45, 2.75) is 18.9 Å². The molecule has 0 aliphatic carbocycles. The maximum atomic E-state index is 11.4. The van der Waals surface area contributed by atoms with Crippen LogP contribution in [0.3, 0.4) is 0 Å². The quantitative estimate of drug-likeness (QED) is 0.618. The molecule has 0 saturated carbocycles. The van der Waals surface area contributed by atoms with Crippen molar-refractivity contribution in [3.8, 4) is 0 Å². The highest BCUT2D eigenvalue weighted by Crippen LogP contribution is 2.15.